The van der Waals surface area contributed by atoms with Crippen LogP contribution in [0.15, 0.2) is 42.6 Å². The van der Waals surface area contributed by atoms with Crippen LogP contribution in [0, 0.1) is 16.0 Å². The maximum Gasteiger partial charge on any atom is 0.270 e. The van der Waals surface area contributed by atoms with Crippen molar-refractivity contribution in [2.24, 2.45) is 5.92 Å². The zero-order valence-corrected chi connectivity index (χ0v) is 14.3. The van der Waals surface area contributed by atoms with Crippen LogP contribution in [0.1, 0.15) is 19.8 Å². The number of anilines is 1. The topological polar surface area (TPSA) is 71.3 Å². The SMILES string of the molecule is CC1C(Nc2ccc(-c3cccc([N+](=O)[O-])c3)nc2)C2CCN1CC2. The van der Waals surface area contributed by atoms with Gasteiger partial charge in [0.2, 0.25) is 0 Å². The maximum absolute atomic E-state index is 10.9. The molecule has 1 aromatic heterocycles. The molecule has 0 saturated carbocycles. The molecule has 2 aromatic rings. The number of aromatic nitrogens is 1. The Kier molecular flexibility index (Phi) is 4.13. The van der Waals surface area contributed by atoms with E-state index < -0.39 is 0 Å². The fourth-order valence-electron chi connectivity index (χ4n) is 4.17. The third-order valence-electron chi connectivity index (χ3n) is 5.63. The van der Waals surface area contributed by atoms with Crippen molar-refractivity contribution in [2.45, 2.75) is 31.8 Å². The van der Waals surface area contributed by atoms with E-state index in [-0.39, 0.29) is 10.6 Å². The molecule has 1 aromatic carbocycles. The molecule has 25 heavy (non-hydrogen) atoms. The highest BCUT2D eigenvalue weighted by Crippen LogP contribution is 2.34. The number of hydrogen-bond donors (Lipinski definition) is 1. The number of benzene rings is 1. The number of hydrogen-bond acceptors (Lipinski definition) is 5. The van der Waals surface area contributed by atoms with Gasteiger partial charge in [0.05, 0.1) is 22.5 Å². The average molecular weight is 338 g/mol. The first-order valence-corrected chi connectivity index (χ1v) is 8.83. The molecule has 4 heterocycles. The summed E-state index contributed by atoms with van der Waals surface area (Å²) in [6.45, 7) is 4.73. The predicted octanol–water partition coefficient (Wildman–Crippen LogP) is 3.55. The van der Waals surface area contributed by atoms with Crippen molar-refractivity contribution in [3.63, 3.8) is 0 Å². The molecule has 3 fully saturated rings. The minimum Gasteiger partial charge on any atom is -0.379 e. The number of nitro groups is 1. The van der Waals surface area contributed by atoms with E-state index in [0.717, 1.165) is 22.9 Å². The molecule has 2 bridgehead atoms. The molecular weight excluding hydrogens is 316 g/mol. The number of nitro benzene ring substituents is 1. The number of fused-ring (bicyclic) bond motifs is 3. The second kappa shape index (κ2) is 6.44. The van der Waals surface area contributed by atoms with E-state index in [4.69, 9.17) is 0 Å². The molecule has 2 atom stereocenters. The molecule has 0 aliphatic carbocycles. The lowest BCUT2D eigenvalue weighted by Gasteiger charge is -2.50. The molecule has 2 unspecified atom stereocenters. The molecule has 3 saturated heterocycles. The highest BCUT2D eigenvalue weighted by molar-refractivity contribution is 5.64. The summed E-state index contributed by atoms with van der Waals surface area (Å²) in [5.74, 6) is 0.733. The lowest BCUT2D eigenvalue weighted by molar-refractivity contribution is -0.384. The summed E-state index contributed by atoms with van der Waals surface area (Å²) in [5, 5.41) is 14.6. The first-order valence-electron chi connectivity index (χ1n) is 8.83. The van der Waals surface area contributed by atoms with Gasteiger partial charge in [0.1, 0.15) is 0 Å². The first kappa shape index (κ1) is 16.0. The van der Waals surface area contributed by atoms with E-state index in [2.05, 4.69) is 22.1 Å². The van der Waals surface area contributed by atoms with Crippen LogP contribution in [0.25, 0.3) is 11.3 Å². The summed E-state index contributed by atoms with van der Waals surface area (Å²) in [6.07, 6.45) is 4.36. The van der Waals surface area contributed by atoms with Crippen molar-refractivity contribution in [3.8, 4) is 11.3 Å². The van der Waals surface area contributed by atoms with E-state index in [1.165, 1.54) is 32.0 Å². The van der Waals surface area contributed by atoms with Crippen LogP contribution in [0.5, 0.6) is 0 Å². The van der Waals surface area contributed by atoms with Gasteiger partial charge in [-0.05, 0) is 50.9 Å². The van der Waals surface area contributed by atoms with E-state index in [1.807, 2.05) is 24.4 Å². The summed E-state index contributed by atoms with van der Waals surface area (Å²) >= 11 is 0. The van der Waals surface area contributed by atoms with E-state index in [1.54, 1.807) is 12.1 Å². The lowest BCUT2D eigenvalue weighted by atomic mass is 9.79. The van der Waals surface area contributed by atoms with Crippen molar-refractivity contribution in [1.29, 1.82) is 0 Å². The molecule has 0 spiro atoms. The van der Waals surface area contributed by atoms with E-state index >= 15 is 0 Å². The van der Waals surface area contributed by atoms with Crippen molar-refractivity contribution >= 4 is 11.4 Å². The Labute approximate surface area is 147 Å². The first-order chi connectivity index (χ1) is 12.1. The molecule has 6 heteroatoms. The zero-order chi connectivity index (χ0) is 17.4. The van der Waals surface area contributed by atoms with Gasteiger partial charge in [-0.1, -0.05) is 12.1 Å². The Balaban J connectivity index is 1.51. The second-order valence-corrected chi connectivity index (χ2v) is 7.02. The number of rotatable bonds is 4. The smallest absolute Gasteiger partial charge is 0.270 e. The number of pyridine rings is 1. The van der Waals surface area contributed by atoms with Gasteiger partial charge in [-0.25, -0.2) is 0 Å². The molecular formula is C19H22N4O2. The summed E-state index contributed by atoms with van der Waals surface area (Å²) in [6, 6.07) is 11.5. The van der Waals surface area contributed by atoms with Crippen LogP contribution in [0.4, 0.5) is 11.4 Å². The van der Waals surface area contributed by atoms with Crippen molar-refractivity contribution in [3.05, 3.63) is 52.7 Å². The van der Waals surface area contributed by atoms with Gasteiger partial charge in [0.25, 0.3) is 5.69 Å². The molecule has 3 aliphatic heterocycles. The van der Waals surface area contributed by atoms with Crippen molar-refractivity contribution in [1.82, 2.24) is 9.88 Å². The van der Waals surface area contributed by atoms with Crippen LogP contribution in [-0.2, 0) is 0 Å². The molecule has 3 aliphatic rings. The summed E-state index contributed by atoms with van der Waals surface area (Å²) in [7, 11) is 0. The highest BCUT2D eigenvalue weighted by atomic mass is 16.6. The predicted molar refractivity (Wildman–Crippen MR) is 97.5 cm³/mol. The summed E-state index contributed by atoms with van der Waals surface area (Å²) in [5.41, 5.74) is 2.61. The molecule has 1 N–H and O–H groups in total. The Bertz CT molecular complexity index is 767. The van der Waals surface area contributed by atoms with Crippen LogP contribution in [0.2, 0.25) is 0 Å². The van der Waals surface area contributed by atoms with Gasteiger partial charge in [-0.3, -0.25) is 20.0 Å². The third kappa shape index (κ3) is 3.09. The van der Waals surface area contributed by atoms with Gasteiger partial charge in [0, 0.05) is 29.8 Å². The monoisotopic (exact) mass is 338 g/mol. The maximum atomic E-state index is 10.9. The normalized spacial score (nSPS) is 27.9. The van der Waals surface area contributed by atoms with Crippen LogP contribution < -0.4 is 5.32 Å². The molecule has 5 rings (SSSR count). The molecule has 0 radical (unpaired) electrons. The van der Waals surface area contributed by atoms with E-state index in [9.17, 15) is 10.1 Å². The average Bonchev–Trinajstić information content (AvgIpc) is 2.66. The fourth-order valence-corrected chi connectivity index (χ4v) is 4.17. The number of nitrogens with zero attached hydrogens (tertiary/aromatic N) is 3. The molecule has 130 valence electrons. The minimum atomic E-state index is -0.381. The fraction of sp³-hybridized carbons (Fsp3) is 0.421. The Morgan fingerprint density at radius 1 is 1.24 bits per heavy atom. The van der Waals surface area contributed by atoms with Gasteiger partial charge in [-0.15, -0.1) is 0 Å². The highest BCUT2D eigenvalue weighted by Gasteiger charge is 2.39. The third-order valence-corrected chi connectivity index (χ3v) is 5.63. The summed E-state index contributed by atoms with van der Waals surface area (Å²) < 4.78 is 0. The molecule has 0 amide bonds. The Morgan fingerprint density at radius 2 is 2.04 bits per heavy atom. The van der Waals surface area contributed by atoms with Gasteiger partial charge < -0.3 is 5.32 Å². The minimum absolute atomic E-state index is 0.0857. The number of piperidine rings is 3. The lowest BCUT2D eigenvalue weighted by Crippen LogP contribution is -2.59. The van der Waals surface area contributed by atoms with Crippen LogP contribution in [0.3, 0.4) is 0 Å². The van der Waals surface area contributed by atoms with E-state index in [0.29, 0.717) is 12.1 Å². The second-order valence-electron chi connectivity index (χ2n) is 7.02. The molecule has 6 nitrogen and oxygen atoms in total. The zero-order valence-electron chi connectivity index (χ0n) is 14.3. The van der Waals surface area contributed by atoms with Gasteiger partial charge >= 0.3 is 0 Å². The van der Waals surface area contributed by atoms with Crippen molar-refractivity contribution < 1.29 is 4.92 Å². The van der Waals surface area contributed by atoms with Crippen molar-refractivity contribution in [2.75, 3.05) is 18.4 Å². The number of nitrogens with one attached hydrogen (secondary N) is 1. The van der Waals surface area contributed by atoms with Crippen LogP contribution in [-0.4, -0.2) is 40.0 Å². The summed E-state index contributed by atoms with van der Waals surface area (Å²) in [4.78, 5) is 17.6. The Hall–Kier alpha value is -2.47. The van der Waals surface area contributed by atoms with Gasteiger partial charge in [-0.2, -0.15) is 0 Å². The Morgan fingerprint density at radius 3 is 2.68 bits per heavy atom. The van der Waals surface area contributed by atoms with Gasteiger partial charge in [0.15, 0.2) is 0 Å². The number of non-ortho nitro benzene ring substituents is 1. The van der Waals surface area contributed by atoms with Crippen LogP contribution >= 0.6 is 0 Å². The largest absolute Gasteiger partial charge is 0.379 e. The quantitative estimate of drug-likeness (QED) is 0.682. The standard InChI is InChI=1S/C19H22N4O2/c1-13-19(14-7-9-22(13)10-8-14)21-16-5-6-18(20-12-16)15-3-2-4-17(11-15)23(24)25/h2-6,11-14,19,21H,7-10H2,1H3.